The molecule has 0 aromatic carbocycles. The van der Waals surface area contributed by atoms with Gasteiger partial charge in [-0.3, -0.25) is 15.3 Å². The van der Waals surface area contributed by atoms with Gasteiger partial charge < -0.3 is 5.11 Å². The number of allylic oxidation sites excluding steroid dienone is 1. The summed E-state index contributed by atoms with van der Waals surface area (Å²) in [5.41, 5.74) is 3.58. The highest BCUT2D eigenvalue weighted by molar-refractivity contribution is 5.70. The van der Waals surface area contributed by atoms with Crippen LogP contribution in [0.2, 0.25) is 0 Å². The Morgan fingerprint density at radius 2 is 2.38 bits per heavy atom. The van der Waals surface area contributed by atoms with Crippen LogP contribution in [0.15, 0.2) is 47.9 Å². The van der Waals surface area contributed by atoms with Crippen molar-refractivity contribution in [1.29, 1.82) is 0 Å². The monoisotopic (exact) mass is 327 g/mol. The van der Waals surface area contributed by atoms with E-state index in [1.54, 1.807) is 42.3 Å². The summed E-state index contributed by atoms with van der Waals surface area (Å²) in [5, 5.41) is 15.4. The quantitative estimate of drug-likeness (QED) is 0.796. The van der Waals surface area contributed by atoms with Crippen LogP contribution in [-0.2, 0) is 17.0 Å². The predicted molar refractivity (Wildman–Crippen MR) is 90.6 cm³/mol. The van der Waals surface area contributed by atoms with Crippen molar-refractivity contribution in [3.05, 3.63) is 54.1 Å². The van der Waals surface area contributed by atoms with Crippen molar-refractivity contribution >= 4 is 12.0 Å². The number of aryl methyl sites for hydroxylation is 1. The number of hydrogen-bond acceptors (Lipinski definition) is 6. The van der Waals surface area contributed by atoms with E-state index in [4.69, 9.17) is 4.84 Å². The summed E-state index contributed by atoms with van der Waals surface area (Å²) in [6.45, 7) is 8.24. The number of nitrogens with zero attached hydrogens (tertiary/aromatic N) is 4. The molecule has 2 atom stereocenters. The SMILES string of the molecule is C=C(C)NOC1(C(O)c2ccccn2)CC=Nc2c1cnn2CC. The summed E-state index contributed by atoms with van der Waals surface area (Å²) in [7, 11) is 0. The lowest BCUT2D eigenvalue weighted by molar-refractivity contribution is -0.164. The first-order valence-corrected chi connectivity index (χ1v) is 7.86. The van der Waals surface area contributed by atoms with E-state index in [0.29, 0.717) is 30.2 Å². The fraction of sp³-hybridized carbons (Fsp3) is 0.353. The molecular formula is C17H21N5O2. The van der Waals surface area contributed by atoms with Gasteiger partial charge in [-0.2, -0.15) is 5.10 Å². The first kappa shape index (κ1) is 16.4. The molecule has 0 fully saturated rings. The molecule has 0 spiro atoms. The van der Waals surface area contributed by atoms with Crippen LogP contribution < -0.4 is 5.48 Å². The Balaban J connectivity index is 2.09. The van der Waals surface area contributed by atoms with E-state index in [-0.39, 0.29) is 0 Å². The van der Waals surface area contributed by atoms with Crippen molar-refractivity contribution in [1.82, 2.24) is 20.2 Å². The first-order chi connectivity index (χ1) is 11.6. The smallest absolute Gasteiger partial charge is 0.162 e. The number of pyridine rings is 1. The van der Waals surface area contributed by atoms with Gasteiger partial charge in [0.05, 0.1) is 17.5 Å². The lowest BCUT2D eigenvalue weighted by Crippen LogP contribution is -2.42. The van der Waals surface area contributed by atoms with Crippen molar-refractivity contribution < 1.29 is 9.94 Å². The van der Waals surface area contributed by atoms with Crippen LogP contribution in [0.3, 0.4) is 0 Å². The molecule has 0 bridgehead atoms. The van der Waals surface area contributed by atoms with Crippen LogP contribution in [0, 0.1) is 0 Å². The lowest BCUT2D eigenvalue weighted by atomic mass is 9.83. The van der Waals surface area contributed by atoms with Gasteiger partial charge in [-0.25, -0.2) is 9.67 Å². The zero-order valence-electron chi connectivity index (χ0n) is 13.8. The Morgan fingerprint density at radius 1 is 1.54 bits per heavy atom. The van der Waals surface area contributed by atoms with Crippen LogP contribution >= 0.6 is 0 Å². The van der Waals surface area contributed by atoms with Gasteiger partial charge in [0.25, 0.3) is 0 Å². The normalized spacial score (nSPS) is 20.5. The van der Waals surface area contributed by atoms with E-state index >= 15 is 0 Å². The van der Waals surface area contributed by atoms with Gasteiger partial charge in [-0.15, -0.1) is 0 Å². The van der Waals surface area contributed by atoms with Crippen LogP contribution in [-0.4, -0.2) is 26.1 Å². The molecular weight excluding hydrogens is 306 g/mol. The predicted octanol–water partition coefficient (Wildman–Crippen LogP) is 2.39. The van der Waals surface area contributed by atoms with E-state index in [9.17, 15) is 5.11 Å². The molecule has 2 N–H and O–H groups in total. The zero-order chi connectivity index (χ0) is 17.2. The second-order valence-corrected chi connectivity index (χ2v) is 5.74. The van der Waals surface area contributed by atoms with E-state index in [2.05, 4.69) is 27.1 Å². The highest BCUT2D eigenvalue weighted by Gasteiger charge is 2.47. The Kier molecular flexibility index (Phi) is 4.46. The van der Waals surface area contributed by atoms with Crippen molar-refractivity contribution in [2.24, 2.45) is 4.99 Å². The van der Waals surface area contributed by atoms with Gasteiger partial charge in [-0.05, 0) is 26.0 Å². The summed E-state index contributed by atoms with van der Waals surface area (Å²) in [5.74, 6) is 0.683. The second-order valence-electron chi connectivity index (χ2n) is 5.74. The molecule has 24 heavy (non-hydrogen) atoms. The van der Waals surface area contributed by atoms with Crippen LogP contribution in [0.25, 0.3) is 0 Å². The summed E-state index contributed by atoms with van der Waals surface area (Å²) < 4.78 is 1.77. The standard InChI is InChI=1S/C17H21N5O2/c1-4-22-16-13(11-20-22)17(8-10-19-16,24-21-12(2)3)15(23)14-7-5-6-9-18-14/h5-7,9-11,15,21,23H,2,4,8H2,1,3H3. The molecule has 7 heteroatoms. The van der Waals surface area contributed by atoms with E-state index in [1.165, 1.54) is 0 Å². The second kappa shape index (κ2) is 6.54. The summed E-state index contributed by atoms with van der Waals surface area (Å²) >= 11 is 0. The molecule has 1 aliphatic rings. The number of aliphatic imine (C=N–C) groups is 1. The minimum absolute atomic E-state index is 0.382. The summed E-state index contributed by atoms with van der Waals surface area (Å²) in [6, 6.07) is 5.41. The molecule has 2 aromatic rings. The van der Waals surface area contributed by atoms with E-state index in [1.807, 2.05) is 13.0 Å². The number of hydroxylamine groups is 1. The van der Waals surface area contributed by atoms with Gasteiger partial charge in [-0.1, -0.05) is 12.6 Å². The Hall–Kier alpha value is -2.51. The van der Waals surface area contributed by atoms with Gasteiger partial charge >= 0.3 is 0 Å². The fourth-order valence-electron chi connectivity index (χ4n) is 2.79. The van der Waals surface area contributed by atoms with Crippen molar-refractivity contribution in [2.45, 2.75) is 38.5 Å². The largest absolute Gasteiger partial charge is 0.383 e. The fourth-order valence-corrected chi connectivity index (χ4v) is 2.79. The highest BCUT2D eigenvalue weighted by Crippen LogP contribution is 2.46. The lowest BCUT2D eigenvalue weighted by Gasteiger charge is -2.37. The molecule has 1 aliphatic heterocycles. The van der Waals surface area contributed by atoms with Crippen molar-refractivity contribution in [2.75, 3.05) is 0 Å². The molecule has 0 saturated heterocycles. The third-order valence-corrected chi connectivity index (χ3v) is 3.99. The number of aliphatic hydroxyl groups is 1. The third kappa shape index (κ3) is 2.72. The third-order valence-electron chi connectivity index (χ3n) is 3.99. The van der Waals surface area contributed by atoms with Crippen molar-refractivity contribution in [3.8, 4) is 0 Å². The average Bonchev–Trinajstić information content (AvgIpc) is 3.04. The average molecular weight is 327 g/mol. The molecule has 0 radical (unpaired) electrons. The summed E-state index contributed by atoms with van der Waals surface area (Å²) in [4.78, 5) is 14.7. The van der Waals surface area contributed by atoms with Gasteiger partial charge in [0.15, 0.2) is 11.4 Å². The van der Waals surface area contributed by atoms with Crippen molar-refractivity contribution in [3.63, 3.8) is 0 Å². The molecule has 3 rings (SSSR count). The maximum atomic E-state index is 11.1. The maximum Gasteiger partial charge on any atom is 0.162 e. The molecule has 7 nitrogen and oxygen atoms in total. The number of nitrogens with one attached hydrogen (secondary N) is 1. The molecule has 0 saturated carbocycles. The molecule has 0 aliphatic carbocycles. The maximum absolute atomic E-state index is 11.1. The van der Waals surface area contributed by atoms with Crippen LogP contribution in [0.4, 0.5) is 5.82 Å². The van der Waals surface area contributed by atoms with Crippen LogP contribution in [0.5, 0.6) is 0 Å². The molecule has 3 heterocycles. The van der Waals surface area contributed by atoms with E-state index < -0.39 is 11.7 Å². The Bertz CT molecular complexity index is 756. The van der Waals surface area contributed by atoms with Gasteiger partial charge in [0.2, 0.25) is 0 Å². The zero-order valence-corrected chi connectivity index (χ0v) is 13.8. The first-order valence-electron chi connectivity index (χ1n) is 7.86. The number of hydrogen-bond donors (Lipinski definition) is 2. The van der Waals surface area contributed by atoms with E-state index in [0.717, 1.165) is 5.56 Å². The number of rotatable bonds is 6. The number of fused-ring (bicyclic) bond motifs is 1. The van der Waals surface area contributed by atoms with Crippen LogP contribution in [0.1, 0.15) is 37.6 Å². The molecule has 126 valence electrons. The molecule has 0 amide bonds. The highest BCUT2D eigenvalue weighted by atomic mass is 16.7. The summed E-state index contributed by atoms with van der Waals surface area (Å²) in [6.07, 6.45) is 4.47. The van der Waals surface area contributed by atoms with Gasteiger partial charge in [0, 0.05) is 31.1 Å². The molecule has 2 unspecified atom stereocenters. The Labute approximate surface area is 140 Å². The Morgan fingerprint density at radius 3 is 3.04 bits per heavy atom. The van der Waals surface area contributed by atoms with Gasteiger partial charge in [0.1, 0.15) is 6.10 Å². The topological polar surface area (TPSA) is 84.6 Å². The number of aliphatic hydroxyl groups excluding tert-OH is 1. The minimum atomic E-state index is -1.09. The number of aromatic nitrogens is 3. The molecule has 2 aromatic heterocycles. The minimum Gasteiger partial charge on any atom is -0.383 e.